The average molecular weight is 589 g/mol. The molecule has 11 heteroatoms. The van der Waals surface area contributed by atoms with Crippen molar-refractivity contribution < 1.29 is 18.9 Å². The van der Waals surface area contributed by atoms with Crippen LogP contribution in [0, 0.1) is 5.41 Å². The summed E-state index contributed by atoms with van der Waals surface area (Å²) in [5, 5.41) is 7.46. The monoisotopic (exact) mass is 587 g/mol. The van der Waals surface area contributed by atoms with Crippen molar-refractivity contribution in [3.05, 3.63) is 52.3 Å². The Labute approximate surface area is 245 Å². The Balaban J connectivity index is 1.21. The summed E-state index contributed by atoms with van der Waals surface area (Å²) in [6, 6.07) is 7.75. The maximum Gasteiger partial charge on any atom is 0.227 e. The van der Waals surface area contributed by atoms with Gasteiger partial charge in [0.1, 0.15) is 23.9 Å². The van der Waals surface area contributed by atoms with Gasteiger partial charge in [0.15, 0.2) is 5.75 Å². The molecule has 0 saturated carbocycles. The third kappa shape index (κ3) is 6.11. The predicted molar refractivity (Wildman–Crippen MR) is 158 cm³/mol. The molecule has 9 nitrogen and oxygen atoms in total. The van der Waals surface area contributed by atoms with Gasteiger partial charge < -0.3 is 34.5 Å². The molecule has 2 saturated heterocycles. The lowest BCUT2D eigenvalue weighted by Crippen LogP contribution is -2.45. The molecule has 3 heterocycles. The highest BCUT2D eigenvalue weighted by Gasteiger charge is 2.36. The number of benzene rings is 2. The van der Waals surface area contributed by atoms with Crippen molar-refractivity contribution in [2.45, 2.75) is 32.3 Å². The van der Waals surface area contributed by atoms with Gasteiger partial charge in [-0.2, -0.15) is 0 Å². The molecule has 0 aliphatic carbocycles. The molecule has 1 aromatic heterocycles. The lowest BCUT2D eigenvalue weighted by molar-refractivity contribution is 0.154. The Bertz CT molecular complexity index is 1280. The van der Waals surface area contributed by atoms with Crippen LogP contribution in [-0.2, 0) is 6.61 Å². The van der Waals surface area contributed by atoms with E-state index in [1.165, 1.54) is 39.9 Å². The molecule has 2 aromatic carbocycles. The number of hydrogen-bond acceptors (Lipinski definition) is 9. The van der Waals surface area contributed by atoms with Crippen LogP contribution >= 0.6 is 23.2 Å². The van der Waals surface area contributed by atoms with Crippen LogP contribution in [0.1, 0.15) is 31.2 Å². The number of halogens is 2. The first-order valence-electron chi connectivity index (χ1n) is 13.4. The van der Waals surface area contributed by atoms with Gasteiger partial charge in [0.05, 0.1) is 49.5 Å². The number of anilines is 3. The molecule has 0 unspecified atom stereocenters. The number of nitrogens with zero attached hydrogens (tertiary/aromatic N) is 3. The fourth-order valence-corrected chi connectivity index (χ4v) is 6.11. The molecule has 2 aliphatic rings. The van der Waals surface area contributed by atoms with Crippen LogP contribution in [0.3, 0.4) is 0 Å². The Morgan fingerprint density at radius 3 is 2.10 bits per heavy atom. The summed E-state index contributed by atoms with van der Waals surface area (Å²) in [7, 11) is 4.76. The van der Waals surface area contributed by atoms with Crippen LogP contribution in [0.4, 0.5) is 17.3 Å². The molecule has 0 radical (unpaired) electrons. The summed E-state index contributed by atoms with van der Waals surface area (Å²) in [6.07, 6.45) is 8.19. The van der Waals surface area contributed by atoms with Gasteiger partial charge in [-0.1, -0.05) is 23.2 Å². The highest BCUT2D eigenvalue weighted by Crippen LogP contribution is 2.43. The molecule has 0 atom stereocenters. The second-order valence-corrected chi connectivity index (χ2v) is 10.9. The zero-order valence-corrected chi connectivity index (χ0v) is 24.6. The van der Waals surface area contributed by atoms with Crippen LogP contribution in [0.15, 0.2) is 36.7 Å². The Morgan fingerprint density at radius 2 is 1.50 bits per heavy atom. The number of nitrogens with one attached hydrogen (secondary N) is 2. The van der Waals surface area contributed by atoms with E-state index < -0.39 is 0 Å². The zero-order valence-electron chi connectivity index (χ0n) is 23.1. The summed E-state index contributed by atoms with van der Waals surface area (Å²) in [5.74, 6) is 2.62. The first kappa shape index (κ1) is 28.4. The minimum Gasteiger partial charge on any atom is -0.495 e. The second-order valence-electron chi connectivity index (χ2n) is 10.2. The maximum atomic E-state index is 6.44. The minimum absolute atomic E-state index is 0.0918. The summed E-state index contributed by atoms with van der Waals surface area (Å²) in [6.45, 7) is 4.46. The van der Waals surface area contributed by atoms with Crippen molar-refractivity contribution in [3.8, 4) is 23.0 Å². The minimum atomic E-state index is 0.0918. The van der Waals surface area contributed by atoms with Crippen molar-refractivity contribution in [1.82, 2.24) is 15.3 Å². The Kier molecular flexibility index (Phi) is 8.93. The first-order chi connectivity index (χ1) is 19.4. The van der Waals surface area contributed by atoms with Crippen molar-refractivity contribution in [3.63, 3.8) is 0 Å². The molecule has 2 fully saturated rings. The van der Waals surface area contributed by atoms with E-state index in [1.807, 2.05) is 12.1 Å². The highest BCUT2D eigenvalue weighted by atomic mass is 35.5. The molecule has 5 rings (SSSR count). The van der Waals surface area contributed by atoms with Crippen LogP contribution in [0.5, 0.6) is 23.0 Å². The van der Waals surface area contributed by atoms with E-state index in [-0.39, 0.29) is 6.61 Å². The molecule has 0 bridgehead atoms. The summed E-state index contributed by atoms with van der Waals surface area (Å²) in [5.41, 5.74) is 3.01. The number of rotatable bonds is 9. The van der Waals surface area contributed by atoms with Gasteiger partial charge in [-0.05, 0) is 56.3 Å². The normalized spacial score (nSPS) is 16.5. The lowest BCUT2D eigenvalue weighted by atomic mass is 9.71. The van der Waals surface area contributed by atoms with E-state index in [9.17, 15) is 0 Å². The van der Waals surface area contributed by atoms with E-state index in [1.54, 1.807) is 25.6 Å². The van der Waals surface area contributed by atoms with Gasteiger partial charge in [-0.25, -0.2) is 9.97 Å². The molecule has 2 N–H and O–H groups in total. The van der Waals surface area contributed by atoms with Crippen LogP contribution in [0.25, 0.3) is 0 Å². The highest BCUT2D eigenvalue weighted by molar-refractivity contribution is 6.37. The second kappa shape index (κ2) is 12.6. The number of ether oxygens (including phenoxy) is 4. The average Bonchev–Trinajstić information content (AvgIpc) is 2.99. The lowest BCUT2D eigenvalue weighted by Gasteiger charge is -2.45. The van der Waals surface area contributed by atoms with E-state index in [0.29, 0.717) is 44.2 Å². The molecule has 0 amide bonds. The van der Waals surface area contributed by atoms with Gasteiger partial charge in [0.2, 0.25) is 5.95 Å². The molecule has 2 aliphatic heterocycles. The van der Waals surface area contributed by atoms with E-state index in [2.05, 4.69) is 31.6 Å². The standard InChI is InChI=1S/C29H35Cl2N5O4/c1-37-23-14-19(4-5-22(23)36-12-8-29(9-13-36)6-10-32-11-7-29)35-28-33-16-20(17-34-28)40-18-21-26(30)24(38-2)15-25(39-3)27(21)31/h4-5,14-17,32H,6-13,18H2,1-3H3,(H,33,34,35). The Morgan fingerprint density at radius 1 is 0.875 bits per heavy atom. The fourth-order valence-electron chi connectivity index (χ4n) is 5.50. The third-order valence-corrected chi connectivity index (χ3v) is 8.77. The zero-order chi connectivity index (χ0) is 28.1. The van der Waals surface area contributed by atoms with Crippen molar-refractivity contribution >= 4 is 40.5 Å². The largest absolute Gasteiger partial charge is 0.495 e. The topological polar surface area (TPSA) is 90.0 Å². The molecule has 40 heavy (non-hydrogen) atoms. The summed E-state index contributed by atoms with van der Waals surface area (Å²) >= 11 is 12.9. The number of hydrogen-bond donors (Lipinski definition) is 2. The van der Waals surface area contributed by atoms with Gasteiger partial charge in [-0.15, -0.1) is 0 Å². The van der Waals surface area contributed by atoms with E-state index >= 15 is 0 Å². The van der Waals surface area contributed by atoms with Gasteiger partial charge >= 0.3 is 0 Å². The van der Waals surface area contributed by atoms with Gasteiger partial charge in [-0.3, -0.25) is 0 Å². The Hall–Kier alpha value is -3.14. The number of aromatic nitrogens is 2. The number of methoxy groups -OCH3 is 3. The van der Waals surface area contributed by atoms with Crippen molar-refractivity contribution in [2.24, 2.45) is 5.41 Å². The first-order valence-corrected chi connectivity index (χ1v) is 14.2. The molecule has 214 valence electrons. The number of piperidine rings is 2. The van der Waals surface area contributed by atoms with Crippen molar-refractivity contribution in [2.75, 3.05) is 57.7 Å². The fraction of sp³-hybridized carbons (Fsp3) is 0.448. The third-order valence-electron chi connectivity index (χ3n) is 7.94. The maximum absolute atomic E-state index is 6.44. The predicted octanol–water partition coefficient (Wildman–Crippen LogP) is 6.10. The van der Waals surface area contributed by atoms with Gasteiger partial charge in [0.25, 0.3) is 0 Å². The molecular formula is C29H35Cl2N5O4. The molecule has 3 aromatic rings. The van der Waals surface area contributed by atoms with Crippen LogP contribution < -0.4 is 34.5 Å². The molecular weight excluding hydrogens is 553 g/mol. The van der Waals surface area contributed by atoms with Crippen molar-refractivity contribution in [1.29, 1.82) is 0 Å². The van der Waals surface area contributed by atoms with Crippen LogP contribution in [0.2, 0.25) is 10.0 Å². The van der Waals surface area contributed by atoms with Crippen LogP contribution in [-0.4, -0.2) is 57.5 Å². The SMILES string of the molecule is COc1cc(Nc2ncc(OCc3c(Cl)c(OC)cc(OC)c3Cl)cn2)ccc1N1CCC2(CCNCC2)CC1. The summed E-state index contributed by atoms with van der Waals surface area (Å²) < 4.78 is 22.3. The van der Waals surface area contributed by atoms with E-state index in [4.69, 9.17) is 42.1 Å². The molecule has 1 spiro atoms. The van der Waals surface area contributed by atoms with E-state index in [0.717, 1.165) is 43.3 Å². The summed E-state index contributed by atoms with van der Waals surface area (Å²) in [4.78, 5) is 11.2. The smallest absolute Gasteiger partial charge is 0.227 e. The van der Waals surface area contributed by atoms with Gasteiger partial charge in [0, 0.05) is 36.5 Å². The quantitative estimate of drug-likeness (QED) is 0.308.